The first-order valence-electron chi connectivity index (χ1n) is 6.64. The first-order chi connectivity index (χ1) is 10.9. The van der Waals surface area contributed by atoms with E-state index in [0.29, 0.717) is 21.5 Å². The van der Waals surface area contributed by atoms with Crippen LogP contribution in [-0.4, -0.2) is 15.5 Å². The average molecular weight is 410 g/mol. The lowest BCUT2D eigenvalue weighted by Gasteiger charge is -2.08. The maximum absolute atomic E-state index is 12.7. The number of aromatic nitrogens is 2. The largest absolute Gasteiger partial charge is 0.331 e. The van der Waals surface area contributed by atoms with Crippen molar-refractivity contribution in [3.8, 4) is 0 Å². The van der Waals surface area contributed by atoms with Crippen molar-refractivity contribution < 1.29 is 4.79 Å². The normalized spacial score (nSPS) is 10.9. The first-order valence-corrected chi connectivity index (χ1v) is 8.22. The van der Waals surface area contributed by atoms with Crippen LogP contribution in [0.15, 0.2) is 45.7 Å². The molecule has 0 saturated carbocycles. The van der Waals surface area contributed by atoms with Crippen LogP contribution in [0.4, 0.5) is 0 Å². The van der Waals surface area contributed by atoms with Crippen molar-refractivity contribution in [1.82, 2.24) is 9.55 Å². The van der Waals surface area contributed by atoms with E-state index in [0.717, 1.165) is 14.6 Å². The van der Waals surface area contributed by atoms with E-state index in [2.05, 4.69) is 20.9 Å². The molecule has 7 heteroatoms. The van der Waals surface area contributed by atoms with Gasteiger partial charge < -0.3 is 4.98 Å². The molecule has 0 radical (unpaired) electrons. The molecule has 0 unspecified atom stereocenters. The molecule has 3 aromatic rings. The highest BCUT2D eigenvalue weighted by molar-refractivity contribution is 9.10. The molecular weight excluding hydrogens is 400 g/mol. The number of hydrogen-bond acceptors (Lipinski definition) is 3. The fourth-order valence-corrected chi connectivity index (χ4v) is 3.04. The molecule has 0 aliphatic rings. The van der Waals surface area contributed by atoms with Crippen LogP contribution in [0, 0.1) is 11.7 Å². The lowest BCUT2D eigenvalue weighted by molar-refractivity contribution is 0.0953. The Balaban J connectivity index is 2.27. The van der Waals surface area contributed by atoms with Gasteiger partial charge in [-0.15, -0.1) is 0 Å². The average Bonchev–Trinajstić information content (AvgIpc) is 2.51. The summed E-state index contributed by atoms with van der Waals surface area (Å²) in [5.74, 6) is -0.514. The van der Waals surface area contributed by atoms with Gasteiger partial charge in [-0.3, -0.25) is 9.59 Å². The number of nitrogens with zero attached hydrogens (tertiary/aromatic N) is 1. The minimum Gasteiger partial charge on any atom is -0.331 e. The molecule has 1 N–H and O–H groups in total. The van der Waals surface area contributed by atoms with Crippen LogP contribution in [0.25, 0.3) is 10.9 Å². The molecule has 1 aromatic heterocycles. The predicted octanol–water partition coefficient (Wildman–Crippen LogP) is 4.47. The van der Waals surface area contributed by atoms with Crippen molar-refractivity contribution >= 4 is 56.6 Å². The van der Waals surface area contributed by atoms with Gasteiger partial charge in [0.1, 0.15) is 0 Å². The summed E-state index contributed by atoms with van der Waals surface area (Å²) >= 11 is 14.6. The summed E-state index contributed by atoms with van der Waals surface area (Å²) in [6, 6.07) is 10.0. The third-order valence-electron chi connectivity index (χ3n) is 3.48. The van der Waals surface area contributed by atoms with E-state index in [1.807, 2.05) is 6.92 Å². The highest BCUT2D eigenvalue weighted by Gasteiger charge is 2.15. The molecular formula is C16H10BrClN2O2S. The van der Waals surface area contributed by atoms with Gasteiger partial charge in [-0.05, 0) is 55.0 Å². The van der Waals surface area contributed by atoms with E-state index in [1.54, 1.807) is 30.3 Å². The standard InChI is InChI=1S/C16H10BrClN2O2S/c1-8-2-3-9(6-12(8)18)14(21)20-15(22)11-7-10(17)4-5-13(11)19-16(20)23/h2-7H,1H3,(H,19,23). The number of fused-ring (bicyclic) bond motifs is 1. The molecule has 23 heavy (non-hydrogen) atoms. The van der Waals surface area contributed by atoms with Gasteiger partial charge in [0.2, 0.25) is 0 Å². The number of nitrogens with one attached hydrogen (secondary N) is 1. The SMILES string of the molecule is Cc1ccc(C(=O)n2c(=S)[nH]c3ccc(Br)cc3c2=O)cc1Cl. The molecule has 0 spiro atoms. The maximum Gasteiger partial charge on any atom is 0.269 e. The lowest BCUT2D eigenvalue weighted by atomic mass is 10.1. The Bertz CT molecular complexity index is 1070. The molecule has 3 rings (SSSR count). The van der Waals surface area contributed by atoms with Crippen LogP contribution < -0.4 is 5.56 Å². The van der Waals surface area contributed by atoms with E-state index in [4.69, 9.17) is 23.8 Å². The van der Waals surface area contributed by atoms with E-state index in [-0.39, 0.29) is 4.77 Å². The summed E-state index contributed by atoms with van der Waals surface area (Å²) in [4.78, 5) is 28.3. The molecule has 0 amide bonds. The fourth-order valence-electron chi connectivity index (χ4n) is 2.23. The van der Waals surface area contributed by atoms with Crippen LogP contribution in [-0.2, 0) is 0 Å². The Labute approximate surface area is 149 Å². The van der Waals surface area contributed by atoms with Crippen LogP contribution >= 0.6 is 39.7 Å². The second-order valence-corrected chi connectivity index (χ2v) is 6.74. The number of hydrogen-bond donors (Lipinski definition) is 1. The summed E-state index contributed by atoms with van der Waals surface area (Å²) in [6.45, 7) is 1.84. The zero-order valence-corrected chi connectivity index (χ0v) is 15.1. The Hall–Kier alpha value is -1.76. The lowest BCUT2D eigenvalue weighted by Crippen LogP contribution is -2.29. The van der Waals surface area contributed by atoms with Gasteiger partial charge in [-0.2, -0.15) is 0 Å². The van der Waals surface area contributed by atoms with Crippen LogP contribution in [0.2, 0.25) is 5.02 Å². The van der Waals surface area contributed by atoms with E-state index < -0.39 is 11.5 Å². The maximum atomic E-state index is 12.7. The van der Waals surface area contributed by atoms with Gasteiger partial charge in [-0.25, -0.2) is 4.57 Å². The Morgan fingerprint density at radius 1 is 1.26 bits per heavy atom. The number of carbonyl (C=O) groups is 1. The van der Waals surface area contributed by atoms with Gasteiger partial charge >= 0.3 is 0 Å². The van der Waals surface area contributed by atoms with Gasteiger partial charge in [0, 0.05) is 15.1 Å². The second-order valence-electron chi connectivity index (χ2n) is 5.03. The summed E-state index contributed by atoms with van der Waals surface area (Å²) < 4.78 is 1.74. The number of rotatable bonds is 1. The Morgan fingerprint density at radius 2 is 2.00 bits per heavy atom. The van der Waals surface area contributed by atoms with Gasteiger partial charge in [0.05, 0.1) is 10.9 Å². The smallest absolute Gasteiger partial charge is 0.269 e. The fraction of sp³-hybridized carbons (Fsp3) is 0.0625. The molecule has 0 saturated heterocycles. The van der Waals surface area contributed by atoms with Gasteiger partial charge in [-0.1, -0.05) is 33.6 Å². The summed E-state index contributed by atoms with van der Waals surface area (Å²) in [6.07, 6.45) is 0. The minimum absolute atomic E-state index is 0.0477. The molecule has 2 aromatic carbocycles. The van der Waals surface area contributed by atoms with Gasteiger partial charge in [0.25, 0.3) is 11.5 Å². The van der Waals surface area contributed by atoms with Crippen LogP contribution in [0.3, 0.4) is 0 Å². The number of carbonyl (C=O) groups excluding carboxylic acids is 1. The van der Waals surface area contributed by atoms with E-state index in [1.165, 1.54) is 6.07 Å². The zero-order chi connectivity index (χ0) is 16.7. The second kappa shape index (κ2) is 6.03. The molecule has 0 aliphatic heterocycles. The highest BCUT2D eigenvalue weighted by atomic mass is 79.9. The highest BCUT2D eigenvalue weighted by Crippen LogP contribution is 2.18. The van der Waals surface area contributed by atoms with Crippen molar-refractivity contribution in [3.63, 3.8) is 0 Å². The van der Waals surface area contributed by atoms with Crippen LogP contribution in [0.5, 0.6) is 0 Å². The first kappa shape index (κ1) is 16.1. The molecule has 1 heterocycles. The molecule has 116 valence electrons. The monoisotopic (exact) mass is 408 g/mol. The summed E-state index contributed by atoms with van der Waals surface area (Å²) in [7, 11) is 0. The van der Waals surface area contributed by atoms with E-state index >= 15 is 0 Å². The minimum atomic E-state index is -0.514. The summed E-state index contributed by atoms with van der Waals surface area (Å²) in [5, 5.41) is 0.835. The molecule has 4 nitrogen and oxygen atoms in total. The van der Waals surface area contributed by atoms with Gasteiger partial charge in [0.15, 0.2) is 4.77 Å². The van der Waals surface area contributed by atoms with Crippen molar-refractivity contribution in [2.75, 3.05) is 0 Å². The topological polar surface area (TPSA) is 54.9 Å². The predicted molar refractivity (Wildman–Crippen MR) is 97.0 cm³/mol. The summed E-state index contributed by atoms with van der Waals surface area (Å²) in [5.41, 5.74) is 1.26. The van der Waals surface area contributed by atoms with Crippen molar-refractivity contribution in [3.05, 3.63) is 72.1 Å². The zero-order valence-electron chi connectivity index (χ0n) is 11.9. The molecule has 0 bridgehead atoms. The molecule has 0 atom stereocenters. The molecule has 0 fully saturated rings. The number of aromatic amines is 1. The third-order valence-corrected chi connectivity index (χ3v) is 4.67. The quantitative estimate of drug-likeness (QED) is 0.603. The molecule has 0 aliphatic carbocycles. The number of H-pyrrole nitrogens is 1. The van der Waals surface area contributed by atoms with E-state index in [9.17, 15) is 9.59 Å². The number of benzene rings is 2. The third kappa shape index (κ3) is 2.89. The Kier molecular flexibility index (Phi) is 4.23. The van der Waals surface area contributed by atoms with Crippen LogP contribution in [0.1, 0.15) is 15.9 Å². The van der Waals surface area contributed by atoms with Crippen molar-refractivity contribution in [2.45, 2.75) is 6.92 Å². The van der Waals surface area contributed by atoms with Crippen molar-refractivity contribution in [2.24, 2.45) is 0 Å². The number of aryl methyl sites for hydroxylation is 1. The Morgan fingerprint density at radius 3 is 2.70 bits per heavy atom. The van der Waals surface area contributed by atoms with Crippen molar-refractivity contribution in [1.29, 1.82) is 0 Å². The number of halogens is 2.